The van der Waals surface area contributed by atoms with E-state index < -0.39 is 0 Å². The van der Waals surface area contributed by atoms with Crippen molar-refractivity contribution in [2.75, 3.05) is 6.54 Å². The minimum absolute atomic E-state index is 0.203. The molecule has 2 aromatic rings. The van der Waals surface area contributed by atoms with Crippen LogP contribution < -0.4 is 5.32 Å². The summed E-state index contributed by atoms with van der Waals surface area (Å²) in [5.41, 5.74) is 3.33. The standard InChI is InChI=1S/C14H20N2O/c1-14(2,3)16-8-4-5-11-6-7-12-13(9-11)17-10-15-12/h6-7,9-10,16H,4-5,8H2,1-3H3. The van der Waals surface area contributed by atoms with Crippen molar-refractivity contribution in [1.82, 2.24) is 10.3 Å². The molecule has 0 fully saturated rings. The van der Waals surface area contributed by atoms with E-state index in [4.69, 9.17) is 4.42 Å². The first-order valence-electron chi connectivity index (χ1n) is 6.12. The largest absolute Gasteiger partial charge is 0.443 e. The summed E-state index contributed by atoms with van der Waals surface area (Å²) < 4.78 is 5.29. The third-order valence-electron chi connectivity index (χ3n) is 2.69. The quantitative estimate of drug-likeness (QED) is 0.823. The van der Waals surface area contributed by atoms with Crippen LogP contribution in [0.2, 0.25) is 0 Å². The fourth-order valence-electron chi connectivity index (χ4n) is 1.81. The highest BCUT2D eigenvalue weighted by atomic mass is 16.3. The van der Waals surface area contributed by atoms with E-state index in [9.17, 15) is 0 Å². The minimum atomic E-state index is 0.203. The fourth-order valence-corrected chi connectivity index (χ4v) is 1.81. The second kappa shape index (κ2) is 4.88. The number of fused-ring (bicyclic) bond motifs is 1. The zero-order valence-electron chi connectivity index (χ0n) is 10.8. The Labute approximate surface area is 102 Å². The Morgan fingerprint density at radius 2 is 2.12 bits per heavy atom. The van der Waals surface area contributed by atoms with E-state index in [0.717, 1.165) is 30.5 Å². The van der Waals surface area contributed by atoms with Gasteiger partial charge in [-0.1, -0.05) is 6.07 Å². The Balaban J connectivity index is 1.86. The van der Waals surface area contributed by atoms with Crippen molar-refractivity contribution in [3.05, 3.63) is 30.2 Å². The Morgan fingerprint density at radius 1 is 1.29 bits per heavy atom. The maximum atomic E-state index is 5.29. The fraction of sp³-hybridized carbons (Fsp3) is 0.500. The van der Waals surface area contributed by atoms with Gasteiger partial charge in [0.05, 0.1) is 0 Å². The van der Waals surface area contributed by atoms with Gasteiger partial charge >= 0.3 is 0 Å². The van der Waals surface area contributed by atoms with Crippen LogP contribution >= 0.6 is 0 Å². The van der Waals surface area contributed by atoms with Crippen LogP contribution in [0.4, 0.5) is 0 Å². The molecule has 0 aliphatic heterocycles. The van der Waals surface area contributed by atoms with E-state index in [1.807, 2.05) is 6.07 Å². The van der Waals surface area contributed by atoms with Gasteiger partial charge in [-0.25, -0.2) is 4.98 Å². The summed E-state index contributed by atoms with van der Waals surface area (Å²) in [5, 5.41) is 3.49. The summed E-state index contributed by atoms with van der Waals surface area (Å²) in [6, 6.07) is 6.23. The lowest BCUT2D eigenvalue weighted by Crippen LogP contribution is -2.36. The average molecular weight is 232 g/mol. The molecular formula is C14H20N2O. The molecule has 0 saturated heterocycles. The van der Waals surface area contributed by atoms with Gasteiger partial charge in [0.15, 0.2) is 12.0 Å². The highest BCUT2D eigenvalue weighted by Gasteiger charge is 2.07. The van der Waals surface area contributed by atoms with Crippen LogP contribution in [0, 0.1) is 0 Å². The Bertz CT molecular complexity index is 482. The van der Waals surface area contributed by atoms with E-state index in [2.05, 4.69) is 43.2 Å². The van der Waals surface area contributed by atoms with E-state index in [1.54, 1.807) is 0 Å². The molecule has 1 heterocycles. The normalized spacial score (nSPS) is 12.2. The van der Waals surface area contributed by atoms with Gasteiger partial charge < -0.3 is 9.73 Å². The molecule has 1 aromatic heterocycles. The topological polar surface area (TPSA) is 38.1 Å². The lowest BCUT2D eigenvalue weighted by molar-refractivity contribution is 0.422. The van der Waals surface area contributed by atoms with E-state index >= 15 is 0 Å². The molecule has 0 amide bonds. The predicted molar refractivity (Wildman–Crippen MR) is 70.1 cm³/mol. The van der Waals surface area contributed by atoms with Gasteiger partial charge in [0.2, 0.25) is 0 Å². The summed E-state index contributed by atoms with van der Waals surface area (Å²) in [6.07, 6.45) is 3.70. The minimum Gasteiger partial charge on any atom is -0.443 e. The summed E-state index contributed by atoms with van der Waals surface area (Å²) in [7, 11) is 0. The van der Waals surface area contributed by atoms with Crippen molar-refractivity contribution in [3.8, 4) is 0 Å². The zero-order valence-corrected chi connectivity index (χ0v) is 10.8. The second-order valence-electron chi connectivity index (χ2n) is 5.43. The molecule has 17 heavy (non-hydrogen) atoms. The molecular weight excluding hydrogens is 212 g/mol. The summed E-state index contributed by atoms with van der Waals surface area (Å²) in [6.45, 7) is 7.60. The van der Waals surface area contributed by atoms with E-state index in [-0.39, 0.29) is 5.54 Å². The first kappa shape index (κ1) is 12.1. The highest BCUT2D eigenvalue weighted by Crippen LogP contribution is 2.15. The SMILES string of the molecule is CC(C)(C)NCCCc1ccc2ncoc2c1. The Kier molecular flexibility index (Phi) is 3.48. The number of aromatic nitrogens is 1. The number of aryl methyl sites for hydroxylation is 1. The molecule has 0 atom stereocenters. The molecule has 1 N–H and O–H groups in total. The summed E-state index contributed by atoms with van der Waals surface area (Å²) in [5.74, 6) is 0. The number of nitrogens with one attached hydrogen (secondary N) is 1. The number of nitrogens with zero attached hydrogens (tertiary/aromatic N) is 1. The third-order valence-corrected chi connectivity index (χ3v) is 2.69. The molecule has 0 unspecified atom stereocenters. The van der Waals surface area contributed by atoms with Crippen molar-refractivity contribution in [1.29, 1.82) is 0 Å². The number of oxazole rings is 1. The lowest BCUT2D eigenvalue weighted by Gasteiger charge is -2.20. The summed E-state index contributed by atoms with van der Waals surface area (Å²) in [4.78, 5) is 4.11. The summed E-state index contributed by atoms with van der Waals surface area (Å²) >= 11 is 0. The third kappa shape index (κ3) is 3.56. The van der Waals surface area contributed by atoms with Gasteiger partial charge in [0.25, 0.3) is 0 Å². The average Bonchev–Trinajstić information content (AvgIpc) is 2.70. The van der Waals surface area contributed by atoms with Crippen molar-refractivity contribution in [3.63, 3.8) is 0 Å². The molecule has 0 aliphatic rings. The molecule has 0 radical (unpaired) electrons. The Morgan fingerprint density at radius 3 is 2.88 bits per heavy atom. The van der Waals surface area contributed by atoms with Gasteiger partial charge in [-0.05, 0) is 57.9 Å². The van der Waals surface area contributed by atoms with Crippen molar-refractivity contribution in [2.45, 2.75) is 39.2 Å². The van der Waals surface area contributed by atoms with Gasteiger partial charge in [-0.15, -0.1) is 0 Å². The van der Waals surface area contributed by atoms with Gasteiger partial charge in [0, 0.05) is 5.54 Å². The van der Waals surface area contributed by atoms with Crippen LogP contribution in [0.5, 0.6) is 0 Å². The highest BCUT2D eigenvalue weighted by molar-refractivity contribution is 5.72. The van der Waals surface area contributed by atoms with Crippen molar-refractivity contribution >= 4 is 11.1 Å². The molecule has 0 aliphatic carbocycles. The van der Waals surface area contributed by atoms with E-state index in [1.165, 1.54) is 12.0 Å². The number of rotatable bonds is 4. The van der Waals surface area contributed by atoms with Gasteiger partial charge in [-0.3, -0.25) is 0 Å². The number of hydrogen-bond acceptors (Lipinski definition) is 3. The maximum Gasteiger partial charge on any atom is 0.181 e. The second-order valence-corrected chi connectivity index (χ2v) is 5.43. The Hall–Kier alpha value is -1.35. The molecule has 0 saturated carbocycles. The van der Waals surface area contributed by atoms with Crippen molar-refractivity contribution < 1.29 is 4.42 Å². The molecule has 0 spiro atoms. The first-order chi connectivity index (χ1) is 8.04. The van der Waals surface area contributed by atoms with E-state index in [0.29, 0.717) is 0 Å². The van der Waals surface area contributed by atoms with Gasteiger partial charge in [-0.2, -0.15) is 0 Å². The number of hydrogen-bond donors (Lipinski definition) is 1. The van der Waals surface area contributed by atoms with Crippen molar-refractivity contribution in [2.24, 2.45) is 0 Å². The molecule has 0 bridgehead atoms. The lowest BCUT2D eigenvalue weighted by atomic mass is 10.1. The number of benzene rings is 1. The molecule has 92 valence electrons. The monoisotopic (exact) mass is 232 g/mol. The van der Waals surface area contributed by atoms with Crippen LogP contribution in [0.3, 0.4) is 0 Å². The smallest absolute Gasteiger partial charge is 0.181 e. The predicted octanol–water partition coefficient (Wildman–Crippen LogP) is 3.15. The molecule has 2 rings (SSSR count). The van der Waals surface area contributed by atoms with Crippen LogP contribution in [0.25, 0.3) is 11.1 Å². The van der Waals surface area contributed by atoms with Crippen LogP contribution in [0.1, 0.15) is 32.8 Å². The van der Waals surface area contributed by atoms with Crippen LogP contribution in [-0.2, 0) is 6.42 Å². The van der Waals surface area contributed by atoms with Gasteiger partial charge in [0.1, 0.15) is 5.52 Å². The molecule has 3 nitrogen and oxygen atoms in total. The van der Waals surface area contributed by atoms with Crippen LogP contribution in [0.15, 0.2) is 29.0 Å². The maximum absolute atomic E-state index is 5.29. The molecule has 3 heteroatoms. The first-order valence-corrected chi connectivity index (χ1v) is 6.12. The molecule has 1 aromatic carbocycles. The zero-order chi connectivity index (χ0) is 12.3. The van der Waals surface area contributed by atoms with Crippen LogP contribution in [-0.4, -0.2) is 17.1 Å².